The second-order valence-electron chi connectivity index (χ2n) is 20.2. The predicted octanol–water partition coefficient (Wildman–Crippen LogP) is 7.68. The van der Waals surface area contributed by atoms with Gasteiger partial charge in [0.25, 0.3) is 0 Å². The summed E-state index contributed by atoms with van der Waals surface area (Å²) in [5.74, 6) is -1.18. The quantitative estimate of drug-likeness (QED) is 0.0456. The van der Waals surface area contributed by atoms with Gasteiger partial charge in [-0.15, -0.1) is 0 Å². The highest BCUT2D eigenvalue weighted by atomic mass is 16.4. The number of carbonyl (C=O) groups excluding carboxylic acids is 6. The van der Waals surface area contributed by atoms with Crippen molar-refractivity contribution in [3.05, 3.63) is 71.8 Å². The maximum absolute atomic E-state index is 13.4. The van der Waals surface area contributed by atoms with E-state index in [-0.39, 0.29) is 48.6 Å². The van der Waals surface area contributed by atoms with Crippen LogP contribution in [0.5, 0.6) is 0 Å². The number of nitrogens with zero attached hydrogens (tertiary/aromatic N) is 2. The zero-order valence-electron chi connectivity index (χ0n) is 42.6. The van der Waals surface area contributed by atoms with Gasteiger partial charge in [-0.2, -0.15) is 0 Å². The molecule has 16 heteroatoms. The monoisotopic (exact) mass is 951 g/mol. The van der Waals surface area contributed by atoms with Crippen LogP contribution in [0.15, 0.2) is 60.7 Å². The lowest BCUT2D eigenvalue weighted by molar-refractivity contribution is -0.133. The Balaban J connectivity index is 0.000000680. The van der Waals surface area contributed by atoms with E-state index in [0.717, 1.165) is 20.9 Å². The van der Waals surface area contributed by atoms with Crippen LogP contribution in [0.1, 0.15) is 133 Å². The van der Waals surface area contributed by atoms with Crippen molar-refractivity contribution in [2.75, 3.05) is 0 Å². The summed E-state index contributed by atoms with van der Waals surface area (Å²) in [5, 5.41) is 30.9. The molecule has 0 unspecified atom stereocenters. The zero-order valence-corrected chi connectivity index (χ0v) is 42.6. The largest absolute Gasteiger partial charge is 0.465 e. The Kier molecular flexibility index (Phi) is 27.7. The summed E-state index contributed by atoms with van der Waals surface area (Å²) >= 11 is 0. The standard InChI is InChI=1S/2C26H41N3O5/c2*1-17(2)12-21(16-30)27-24(31)22(13-18(3)4)28-25(32)23(14-19(5)6)29(26(33)34)15-20-10-8-7-9-11-20/h2*7-11,16-19,21-23H,12-15H2,1-6H3,(H,27,31)(H,28,32)(H,33,34)/t2*21-,22-,23-/m00/s1. The van der Waals surface area contributed by atoms with Gasteiger partial charge in [0.2, 0.25) is 23.6 Å². The van der Waals surface area contributed by atoms with E-state index in [2.05, 4.69) is 21.3 Å². The van der Waals surface area contributed by atoms with Gasteiger partial charge in [-0.25, -0.2) is 9.59 Å². The fourth-order valence-corrected chi connectivity index (χ4v) is 7.65. The summed E-state index contributed by atoms with van der Waals surface area (Å²) in [6, 6.07) is 13.2. The Morgan fingerprint density at radius 1 is 0.426 bits per heavy atom. The van der Waals surface area contributed by atoms with Gasteiger partial charge in [0.1, 0.15) is 36.7 Å². The summed E-state index contributed by atoms with van der Waals surface area (Å²) in [4.78, 5) is 102. The third-order valence-electron chi connectivity index (χ3n) is 10.7. The molecule has 0 aliphatic carbocycles. The Hall–Kier alpha value is -5.80. The van der Waals surface area contributed by atoms with Crippen molar-refractivity contribution in [3.8, 4) is 0 Å². The molecule has 6 atom stereocenters. The van der Waals surface area contributed by atoms with Gasteiger partial charge in [0, 0.05) is 13.1 Å². The average molecular weight is 951 g/mol. The molecule has 2 aromatic carbocycles. The molecular formula is C52H82N6O10. The fraction of sp³-hybridized carbons (Fsp3) is 0.615. The smallest absolute Gasteiger partial charge is 0.408 e. The molecule has 6 N–H and O–H groups in total. The Bertz CT molecular complexity index is 1720. The molecule has 0 bridgehead atoms. The van der Waals surface area contributed by atoms with Crippen LogP contribution in [0.4, 0.5) is 9.59 Å². The molecule has 0 heterocycles. The number of carboxylic acid groups (broad SMARTS) is 2. The fourth-order valence-electron chi connectivity index (χ4n) is 7.65. The molecule has 380 valence electrons. The second kappa shape index (κ2) is 31.3. The van der Waals surface area contributed by atoms with E-state index in [0.29, 0.717) is 51.1 Å². The molecule has 0 fully saturated rings. The van der Waals surface area contributed by atoms with E-state index in [4.69, 9.17) is 0 Å². The van der Waals surface area contributed by atoms with Crippen LogP contribution in [0, 0.1) is 35.5 Å². The topological polar surface area (TPSA) is 232 Å². The van der Waals surface area contributed by atoms with Crippen molar-refractivity contribution in [3.63, 3.8) is 0 Å². The van der Waals surface area contributed by atoms with Gasteiger partial charge in [-0.1, -0.05) is 144 Å². The predicted molar refractivity (Wildman–Crippen MR) is 264 cm³/mol. The summed E-state index contributed by atoms with van der Waals surface area (Å²) in [7, 11) is 0. The first-order valence-electron chi connectivity index (χ1n) is 24.1. The number of hydrogen-bond donors (Lipinski definition) is 6. The highest BCUT2D eigenvalue weighted by molar-refractivity contribution is 5.93. The number of benzene rings is 2. The van der Waals surface area contributed by atoms with Crippen LogP contribution >= 0.6 is 0 Å². The lowest BCUT2D eigenvalue weighted by Crippen LogP contribution is -2.56. The number of nitrogens with one attached hydrogen (secondary N) is 4. The second-order valence-corrected chi connectivity index (χ2v) is 20.2. The minimum absolute atomic E-state index is 0.0521. The number of aldehydes is 2. The molecule has 0 aliphatic rings. The van der Waals surface area contributed by atoms with Gasteiger partial charge in [0.15, 0.2) is 0 Å². The van der Waals surface area contributed by atoms with Crippen LogP contribution < -0.4 is 21.3 Å². The van der Waals surface area contributed by atoms with Crippen LogP contribution in [-0.4, -0.2) is 105 Å². The maximum Gasteiger partial charge on any atom is 0.408 e. The van der Waals surface area contributed by atoms with E-state index in [1.165, 1.54) is 0 Å². The Labute approximate surface area is 405 Å². The molecule has 0 aromatic heterocycles. The molecule has 16 nitrogen and oxygen atoms in total. The van der Waals surface area contributed by atoms with E-state index in [1.54, 1.807) is 0 Å². The van der Waals surface area contributed by atoms with E-state index in [9.17, 15) is 48.6 Å². The summed E-state index contributed by atoms with van der Waals surface area (Å²) in [6.45, 7) is 23.4. The molecule has 2 rings (SSSR count). The van der Waals surface area contributed by atoms with Crippen molar-refractivity contribution in [2.24, 2.45) is 35.5 Å². The van der Waals surface area contributed by atoms with Gasteiger partial charge in [-0.3, -0.25) is 29.0 Å². The molecule has 2 aromatic rings. The van der Waals surface area contributed by atoms with Crippen molar-refractivity contribution < 1.29 is 48.6 Å². The zero-order chi connectivity index (χ0) is 51.7. The Morgan fingerprint density at radius 2 is 0.706 bits per heavy atom. The first-order chi connectivity index (χ1) is 31.9. The number of carbonyl (C=O) groups is 8. The van der Waals surface area contributed by atoms with Gasteiger partial charge in [0.05, 0.1) is 12.1 Å². The van der Waals surface area contributed by atoms with Crippen LogP contribution in [0.3, 0.4) is 0 Å². The molecule has 68 heavy (non-hydrogen) atoms. The maximum atomic E-state index is 13.4. The molecule has 6 amide bonds. The molecular weight excluding hydrogens is 869 g/mol. The minimum Gasteiger partial charge on any atom is -0.465 e. The number of rotatable bonds is 28. The lowest BCUT2D eigenvalue weighted by Gasteiger charge is -2.31. The summed E-state index contributed by atoms with van der Waals surface area (Å²) < 4.78 is 0. The van der Waals surface area contributed by atoms with Crippen LogP contribution in [0.25, 0.3) is 0 Å². The third-order valence-corrected chi connectivity index (χ3v) is 10.7. The van der Waals surface area contributed by atoms with Crippen molar-refractivity contribution >= 4 is 48.4 Å². The van der Waals surface area contributed by atoms with Crippen molar-refractivity contribution in [1.29, 1.82) is 0 Å². The molecule has 0 aliphatic heterocycles. The molecule has 0 spiro atoms. The van der Waals surface area contributed by atoms with Crippen LogP contribution in [-0.2, 0) is 41.9 Å². The van der Waals surface area contributed by atoms with Gasteiger partial charge < -0.3 is 41.1 Å². The summed E-state index contributed by atoms with van der Waals surface area (Å²) in [5.41, 5.74) is 1.54. The van der Waals surface area contributed by atoms with E-state index in [1.807, 2.05) is 144 Å². The van der Waals surface area contributed by atoms with Crippen LogP contribution in [0.2, 0.25) is 0 Å². The Morgan fingerprint density at radius 3 is 0.941 bits per heavy atom. The molecule has 0 saturated heterocycles. The van der Waals surface area contributed by atoms with E-state index < -0.39 is 72.1 Å². The molecule has 0 radical (unpaired) electrons. The summed E-state index contributed by atoms with van der Waals surface area (Å²) in [6.07, 6.45) is 1.36. The normalized spacial score (nSPS) is 13.9. The van der Waals surface area contributed by atoms with Crippen molar-refractivity contribution in [2.45, 2.75) is 171 Å². The third kappa shape index (κ3) is 23.8. The van der Waals surface area contributed by atoms with Gasteiger partial charge in [-0.05, 0) is 85.2 Å². The van der Waals surface area contributed by atoms with Crippen molar-refractivity contribution in [1.82, 2.24) is 31.1 Å². The molecule has 0 saturated carbocycles. The SMILES string of the molecule is CC(C)C[C@@H](C=O)NC(=O)[C@H](CC(C)C)NC(=O)[C@H](CC(C)C)N(Cc1ccccc1)C(=O)O.CC(C)C[C@@H](C=O)NC(=O)[C@H](CC(C)C)NC(=O)[C@H](CC(C)C)N(Cc1ccccc1)C(=O)O. The average Bonchev–Trinajstić information content (AvgIpc) is 3.24. The van der Waals surface area contributed by atoms with E-state index >= 15 is 0 Å². The lowest BCUT2D eigenvalue weighted by atomic mass is 9.98. The highest BCUT2D eigenvalue weighted by Gasteiger charge is 2.36. The first-order valence-corrected chi connectivity index (χ1v) is 24.1. The van der Waals surface area contributed by atoms with Gasteiger partial charge >= 0.3 is 12.2 Å². The number of hydrogen-bond acceptors (Lipinski definition) is 8. The highest BCUT2D eigenvalue weighted by Crippen LogP contribution is 2.20. The first kappa shape index (κ1) is 60.2. The number of amides is 6. The minimum atomic E-state index is -1.20.